The van der Waals surface area contributed by atoms with E-state index in [1.165, 1.54) is 11.1 Å². The summed E-state index contributed by atoms with van der Waals surface area (Å²) in [4.78, 5) is 16.6. The van der Waals surface area contributed by atoms with Crippen LogP contribution in [0.1, 0.15) is 17.5 Å². The molecule has 1 heterocycles. The number of aliphatic carboxylic acids is 1. The number of nitrogens with zero attached hydrogens (tertiary/aromatic N) is 2. The first-order valence-corrected chi connectivity index (χ1v) is 7.07. The van der Waals surface area contributed by atoms with E-state index in [2.05, 4.69) is 10.9 Å². The molecule has 0 aliphatic carbocycles. The number of anilines is 1. The lowest BCUT2D eigenvalue weighted by Crippen LogP contribution is -2.26. The molecular weight excluding hydrogens is 276 g/mol. The van der Waals surface area contributed by atoms with Crippen LogP contribution in [0.5, 0.6) is 0 Å². The van der Waals surface area contributed by atoms with Gasteiger partial charge in [0.25, 0.3) is 0 Å². The summed E-state index contributed by atoms with van der Waals surface area (Å²) >= 11 is 0. The smallest absolute Gasteiger partial charge is 0.305 e. The molecule has 2 rings (SSSR count). The molecule has 0 saturated heterocycles. The van der Waals surface area contributed by atoms with Gasteiger partial charge in [0.15, 0.2) is 0 Å². The van der Waals surface area contributed by atoms with Gasteiger partial charge in [-0.25, -0.2) is 0 Å². The molecule has 0 bridgehead atoms. The molecule has 4 heteroatoms. The van der Waals surface area contributed by atoms with Gasteiger partial charge in [-0.1, -0.05) is 18.1 Å². The first-order valence-electron chi connectivity index (χ1n) is 7.07. The van der Waals surface area contributed by atoms with E-state index in [0.29, 0.717) is 13.1 Å². The van der Waals surface area contributed by atoms with Crippen LogP contribution < -0.4 is 4.90 Å². The van der Waals surface area contributed by atoms with Gasteiger partial charge in [0, 0.05) is 24.6 Å². The minimum Gasteiger partial charge on any atom is -0.481 e. The number of carboxylic acid groups (broad SMARTS) is 1. The number of hydrogen-bond donors (Lipinski definition) is 1. The van der Waals surface area contributed by atoms with E-state index in [9.17, 15) is 4.79 Å². The van der Waals surface area contributed by atoms with Crippen LogP contribution in [0.3, 0.4) is 0 Å². The number of terminal acetylenes is 1. The summed E-state index contributed by atoms with van der Waals surface area (Å²) < 4.78 is 0. The normalized spacial score (nSPS) is 9.95. The summed E-state index contributed by atoms with van der Waals surface area (Å²) in [5.74, 6) is 1.75. The van der Waals surface area contributed by atoms with Crippen molar-refractivity contribution in [3.05, 3.63) is 59.9 Å². The van der Waals surface area contributed by atoms with Crippen molar-refractivity contribution in [2.75, 3.05) is 18.0 Å². The lowest BCUT2D eigenvalue weighted by molar-refractivity contribution is -0.136. The van der Waals surface area contributed by atoms with Crippen molar-refractivity contribution >= 4 is 11.7 Å². The van der Waals surface area contributed by atoms with Crippen LogP contribution in [0.4, 0.5) is 5.69 Å². The Balaban J connectivity index is 2.05. The summed E-state index contributed by atoms with van der Waals surface area (Å²) in [5, 5.41) is 8.80. The van der Waals surface area contributed by atoms with Crippen LogP contribution in [-0.4, -0.2) is 29.1 Å². The monoisotopic (exact) mass is 294 g/mol. The van der Waals surface area contributed by atoms with Crippen molar-refractivity contribution in [2.24, 2.45) is 0 Å². The van der Waals surface area contributed by atoms with Gasteiger partial charge in [-0.3, -0.25) is 9.78 Å². The molecule has 1 aromatic heterocycles. The molecule has 0 spiro atoms. The van der Waals surface area contributed by atoms with Gasteiger partial charge >= 0.3 is 5.97 Å². The highest BCUT2D eigenvalue weighted by Gasteiger charge is 2.07. The number of carboxylic acids is 1. The molecule has 0 aliphatic heterocycles. The molecule has 0 radical (unpaired) electrons. The van der Waals surface area contributed by atoms with Crippen LogP contribution in [-0.2, 0) is 11.2 Å². The zero-order chi connectivity index (χ0) is 15.8. The average molecular weight is 294 g/mol. The second kappa shape index (κ2) is 7.84. The molecule has 0 fully saturated rings. The van der Waals surface area contributed by atoms with Crippen molar-refractivity contribution in [3.8, 4) is 12.3 Å². The number of benzene rings is 1. The molecule has 112 valence electrons. The average Bonchev–Trinajstić information content (AvgIpc) is 2.53. The van der Waals surface area contributed by atoms with E-state index in [4.69, 9.17) is 11.5 Å². The Bertz CT molecular complexity index is 645. The number of hydrogen-bond acceptors (Lipinski definition) is 3. The van der Waals surface area contributed by atoms with Crippen LogP contribution in [0, 0.1) is 12.3 Å². The van der Waals surface area contributed by atoms with Gasteiger partial charge in [-0.2, -0.15) is 0 Å². The third-order valence-electron chi connectivity index (χ3n) is 3.34. The van der Waals surface area contributed by atoms with Crippen molar-refractivity contribution < 1.29 is 9.90 Å². The van der Waals surface area contributed by atoms with Crippen LogP contribution in [0.15, 0.2) is 48.8 Å². The van der Waals surface area contributed by atoms with Crippen LogP contribution in [0.25, 0.3) is 0 Å². The molecule has 4 nitrogen and oxygen atoms in total. The quantitative estimate of drug-likeness (QED) is 0.798. The standard InChI is InChI=1S/C18H18N2O2/c1-2-12-20(13-9-18(21)22)17-5-3-15(4-6-17)14-16-7-10-19-11-8-16/h1,3-8,10-11H,9,12-14H2,(H,21,22). The summed E-state index contributed by atoms with van der Waals surface area (Å²) in [5.41, 5.74) is 3.33. The Hall–Kier alpha value is -2.80. The molecule has 0 atom stereocenters. The topological polar surface area (TPSA) is 53.4 Å². The Morgan fingerprint density at radius 3 is 2.36 bits per heavy atom. The van der Waals surface area contributed by atoms with Gasteiger partial charge in [0.1, 0.15) is 0 Å². The molecular formula is C18H18N2O2. The number of aromatic nitrogens is 1. The van der Waals surface area contributed by atoms with Gasteiger partial charge < -0.3 is 10.0 Å². The molecule has 2 aromatic rings. The first-order chi connectivity index (χ1) is 10.7. The zero-order valence-electron chi connectivity index (χ0n) is 12.3. The predicted molar refractivity (Wildman–Crippen MR) is 86.8 cm³/mol. The van der Waals surface area contributed by atoms with E-state index in [1.54, 1.807) is 12.4 Å². The highest BCUT2D eigenvalue weighted by Crippen LogP contribution is 2.17. The Morgan fingerprint density at radius 2 is 1.77 bits per heavy atom. The Labute approximate surface area is 130 Å². The van der Waals surface area contributed by atoms with Crippen LogP contribution >= 0.6 is 0 Å². The summed E-state index contributed by atoms with van der Waals surface area (Å²) in [6, 6.07) is 12.0. The maximum atomic E-state index is 10.7. The highest BCUT2D eigenvalue weighted by atomic mass is 16.4. The third-order valence-corrected chi connectivity index (χ3v) is 3.34. The van der Waals surface area contributed by atoms with Gasteiger partial charge in [-0.15, -0.1) is 6.42 Å². The van der Waals surface area contributed by atoms with Gasteiger partial charge in [0.05, 0.1) is 13.0 Å². The van der Waals surface area contributed by atoms with Crippen molar-refractivity contribution in [2.45, 2.75) is 12.8 Å². The largest absolute Gasteiger partial charge is 0.481 e. The van der Waals surface area contributed by atoms with E-state index < -0.39 is 5.97 Å². The van der Waals surface area contributed by atoms with E-state index in [0.717, 1.165) is 12.1 Å². The van der Waals surface area contributed by atoms with Crippen LogP contribution in [0.2, 0.25) is 0 Å². The van der Waals surface area contributed by atoms with Crippen molar-refractivity contribution in [3.63, 3.8) is 0 Å². The molecule has 1 N–H and O–H groups in total. The molecule has 0 saturated carbocycles. The molecule has 22 heavy (non-hydrogen) atoms. The second-order valence-electron chi connectivity index (χ2n) is 4.97. The van der Waals surface area contributed by atoms with Gasteiger partial charge in [0.2, 0.25) is 0 Å². The predicted octanol–water partition coefficient (Wildman–Crippen LogP) is 2.59. The molecule has 0 amide bonds. The lowest BCUT2D eigenvalue weighted by atomic mass is 10.1. The SMILES string of the molecule is C#CCN(CCC(=O)O)c1ccc(Cc2ccncc2)cc1. The number of rotatable bonds is 7. The number of pyridine rings is 1. The lowest BCUT2D eigenvalue weighted by Gasteiger charge is -2.21. The van der Waals surface area contributed by atoms with E-state index in [-0.39, 0.29) is 6.42 Å². The Morgan fingerprint density at radius 1 is 1.14 bits per heavy atom. The van der Waals surface area contributed by atoms with Crippen molar-refractivity contribution in [1.82, 2.24) is 4.98 Å². The fourth-order valence-electron chi connectivity index (χ4n) is 2.20. The van der Waals surface area contributed by atoms with E-state index in [1.807, 2.05) is 41.3 Å². The molecule has 0 aliphatic rings. The molecule has 1 aromatic carbocycles. The highest BCUT2D eigenvalue weighted by molar-refractivity contribution is 5.67. The number of carbonyl (C=O) groups is 1. The van der Waals surface area contributed by atoms with Gasteiger partial charge in [-0.05, 0) is 41.8 Å². The summed E-state index contributed by atoms with van der Waals surface area (Å²) in [7, 11) is 0. The minimum absolute atomic E-state index is 0.0699. The fourth-order valence-corrected chi connectivity index (χ4v) is 2.20. The third kappa shape index (κ3) is 4.64. The fraction of sp³-hybridized carbons (Fsp3) is 0.222. The van der Waals surface area contributed by atoms with Crippen molar-refractivity contribution in [1.29, 1.82) is 0 Å². The second-order valence-corrected chi connectivity index (χ2v) is 4.97. The Kier molecular flexibility index (Phi) is 5.56. The molecule has 0 unspecified atom stereocenters. The maximum absolute atomic E-state index is 10.7. The minimum atomic E-state index is -0.823. The summed E-state index contributed by atoms with van der Waals surface area (Å²) in [6.07, 6.45) is 9.83. The maximum Gasteiger partial charge on any atom is 0.305 e. The summed E-state index contributed by atoms with van der Waals surface area (Å²) in [6.45, 7) is 0.806. The van der Waals surface area contributed by atoms with E-state index >= 15 is 0 Å². The zero-order valence-corrected chi connectivity index (χ0v) is 12.3. The first kappa shape index (κ1) is 15.6.